The molecule has 1 aliphatic rings. The van der Waals surface area contributed by atoms with Crippen LogP contribution in [-0.2, 0) is 10.0 Å². The fourth-order valence-electron chi connectivity index (χ4n) is 3.77. The summed E-state index contributed by atoms with van der Waals surface area (Å²) in [7, 11) is -3.68. The van der Waals surface area contributed by atoms with Crippen LogP contribution in [0.25, 0.3) is 0 Å². The van der Waals surface area contributed by atoms with Crippen molar-refractivity contribution < 1.29 is 8.42 Å². The molecule has 0 spiro atoms. The highest BCUT2D eigenvalue weighted by Crippen LogP contribution is 2.48. The summed E-state index contributed by atoms with van der Waals surface area (Å²) < 4.78 is 29.0. The Kier molecular flexibility index (Phi) is 4.93. The molecule has 1 aliphatic heterocycles. The van der Waals surface area contributed by atoms with Gasteiger partial charge in [-0.15, -0.1) is 0 Å². The van der Waals surface area contributed by atoms with E-state index in [9.17, 15) is 8.42 Å². The SMILES string of the molecule is Cc1ccc(S(=O)(=O)N2C(CBr)c3ccccc3C2c2ccccc2)cc1. The summed E-state index contributed by atoms with van der Waals surface area (Å²) in [5.41, 5.74) is 4.11. The van der Waals surface area contributed by atoms with Crippen LogP contribution < -0.4 is 0 Å². The molecule has 3 nitrogen and oxygen atoms in total. The van der Waals surface area contributed by atoms with Crippen LogP contribution in [0.4, 0.5) is 0 Å². The normalized spacial score (nSPS) is 19.8. The Hall–Kier alpha value is -1.95. The minimum Gasteiger partial charge on any atom is -0.207 e. The molecule has 0 radical (unpaired) electrons. The Labute approximate surface area is 168 Å². The molecule has 3 aromatic carbocycles. The molecule has 0 amide bonds. The van der Waals surface area contributed by atoms with E-state index in [1.165, 1.54) is 0 Å². The molecular formula is C22H20BrNO2S. The molecule has 0 aliphatic carbocycles. The zero-order valence-electron chi connectivity index (χ0n) is 14.9. The highest BCUT2D eigenvalue weighted by atomic mass is 79.9. The van der Waals surface area contributed by atoms with Crippen LogP contribution in [0.15, 0.2) is 83.8 Å². The van der Waals surface area contributed by atoms with E-state index in [-0.39, 0.29) is 12.1 Å². The number of alkyl halides is 1. The molecule has 138 valence electrons. The average molecular weight is 442 g/mol. The summed E-state index contributed by atoms with van der Waals surface area (Å²) in [5.74, 6) is 0. The van der Waals surface area contributed by atoms with Crippen LogP contribution in [0.2, 0.25) is 0 Å². The van der Waals surface area contributed by atoms with Gasteiger partial charge in [-0.25, -0.2) is 8.42 Å². The highest BCUT2D eigenvalue weighted by Gasteiger charge is 2.45. The van der Waals surface area contributed by atoms with Crippen LogP contribution in [0.5, 0.6) is 0 Å². The van der Waals surface area contributed by atoms with Crippen LogP contribution in [0.3, 0.4) is 0 Å². The molecule has 1 heterocycles. The maximum atomic E-state index is 13.7. The minimum atomic E-state index is -3.68. The highest BCUT2D eigenvalue weighted by molar-refractivity contribution is 9.09. The summed E-state index contributed by atoms with van der Waals surface area (Å²) in [6.07, 6.45) is 0. The predicted molar refractivity (Wildman–Crippen MR) is 111 cm³/mol. The number of hydrogen-bond acceptors (Lipinski definition) is 2. The van der Waals surface area contributed by atoms with Gasteiger partial charge in [0, 0.05) is 5.33 Å². The third-order valence-corrected chi connectivity index (χ3v) is 7.57. The van der Waals surface area contributed by atoms with Crippen LogP contribution in [0, 0.1) is 6.92 Å². The molecule has 2 unspecified atom stereocenters. The lowest BCUT2D eigenvalue weighted by molar-refractivity contribution is 0.336. The van der Waals surface area contributed by atoms with Gasteiger partial charge in [0.15, 0.2) is 0 Å². The second kappa shape index (κ2) is 7.23. The molecule has 0 fully saturated rings. The Bertz CT molecular complexity index is 1050. The quantitative estimate of drug-likeness (QED) is 0.520. The van der Waals surface area contributed by atoms with Gasteiger partial charge >= 0.3 is 0 Å². The Balaban J connectivity index is 1.92. The summed E-state index contributed by atoms with van der Waals surface area (Å²) in [5, 5.41) is 0.540. The summed E-state index contributed by atoms with van der Waals surface area (Å²) >= 11 is 3.56. The van der Waals surface area contributed by atoms with Gasteiger partial charge in [0.05, 0.1) is 17.0 Å². The van der Waals surface area contributed by atoms with Crippen molar-refractivity contribution in [2.45, 2.75) is 23.9 Å². The standard InChI is InChI=1S/C22H20BrNO2S/c1-16-11-13-18(14-12-16)27(25,26)24-21(15-23)19-9-5-6-10-20(19)22(24)17-7-3-2-4-8-17/h2-14,21-22H,15H2,1H3. The number of halogens is 1. The number of rotatable bonds is 4. The van der Waals surface area contributed by atoms with Gasteiger partial charge in [0.2, 0.25) is 10.0 Å². The van der Waals surface area contributed by atoms with Gasteiger partial charge in [-0.2, -0.15) is 4.31 Å². The third-order valence-electron chi connectivity index (χ3n) is 5.07. The lowest BCUT2D eigenvalue weighted by Crippen LogP contribution is -2.34. The minimum absolute atomic E-state index is 0.252. The maximum Gasteiger partial charge on any atom is 0.244 e. The third kappa shape index (κ3) is 3.14. The first kappa shape index (κ1) is 18.4. The van der Waals surface area contributed by atoms with E-state index < -0.39 is 10.0 Å². The van der Waals surface area contributed by atoms with Crippen molar-refractivity contribution in [2.75, 3.05) is 5.33 Å². The molecule has 0 saturated carbocycles. The Morgan fingerprint density at radius 1 is 0.852 bits per heavy atom. The predicted octanol–water partition coefficient (Wildman–Crippen LogP) is 5.22. The number of nitrogens with zero attached hydrogens (tertiary/aromatic N) is 1. The van der Waals surface area contributed by atoms with Gasteiger partial charge in [0.1, 0.15) is 0 Å². The van der Waals surface area contributed by atoms with Crippen LogP contribution in [-0.4, -0.2) is 18.1 Å². The largest absolute Gasteiger partial charge is 0.244 e. The zero-order valence-corrected chi connectivity index (χ0v) is 17.3. The topological polar surface area (TPSA) is 37.4 Å². The van der Waals surface area contributed by atoms with Crippen molar-refractivity contribution in [3.8, 4) is 0 Å². The zero-order chi connectivity index (χ0) is 19.0. The Morgan fingerprint density at radius 2 is 1.44 bits per heavy atom. The molecule has 0 N–H and O–H groups in total. The van der Waals surface area contributed by atoms with Crippen molar-refractivity contribution in [2.24, 2.45) is 0 Å². The van der Waals surface area contributed by atoms with Crippen molar-refractivity contribution in [3.05, 3.63) is 101 Å². The molecule has 2 atom stereocenters. The monoisotopic (exact) mass is 441 g/mol. The second-order valence-electron chi connectivity index (χ2n) is 6.76. The first-order valence-corrected chi connectivity index (χ1v) is 11.4. The smallest absolute Gasteiger partial charge is 0.207 e. The molecule has 0 saturated heterocycles. The number of benzene rings is 3. The number of aryl methyl sites for hydroxylation is 1. The van der Waals surface area contributed by atoms with Crippen molar-refractivity contribution in [1.29, 1.82) is 0 Å². The van der Waals surface area contributed by atoms with E-state index >= 15 is 0 Å². The lowest BCUT2D eigenvalue weighted by atomic mass is 9.98. The van der Waals surface area contributed by atoms with Crippen molar-refractivity contribution in [1.82, 2.24) is 4.31 Å². The summed E-state index contributed by atoms with van der Waals surface area (Å²) in [6.45, 7) is 1.95. The number of fused-ring (bicyclic) bond motifs is 1. The summed E-state index contributed by atoms with van der Waals surface area (Å²) in [6, 6.07) is 24.3. The second-order valence-corrected chi connectivity index (χ2v) is 9.25. The molecule has 5 heteroatoms. The molecule has 3 aromatic rings. The van der Waals surface area contributed by atoms with Gasteiger partial charge in [-0.3, -0.25) is 0 Å². The molecule has 0 aromatic heterocycles. The van der Waals surface area contributed by atoms with E-state index in [1.807, 2.05) is 73.7 Å². The van der Waals surface area contributed by atoms with Gasteiger partial charge in [0.25, 0.3) is 0 Å². The van der Waals surface area contributed by atoms with Crippen LogP contribution in [0.1, 0.15) is 34.3 Å². The number of sulfonamides is 1. The van der Waals surface area contributed by atoms with Gasteiger partial charge in [-0.1, -0.05) is 88.2 Å². The van der Waals surface area contributed by atoms with E-state index in [0.29, 0.717) is 10.2 Å². The van der Waals surface area contributed by atoms with Gasteiger partial charge < -0.3 is 0 Å². The van der Waals surface area contributed by atoms with E-state index in [0.717, 1.165) is 22.3 Å². The van der Waals surface area contributed by atoms with E-state index in [2.05, 4.69) is 15.9 Å². The van der Waals surface area contributed by atoms with Gasteiger partial charge in [-0.05, 0) is 35.7 Å². The van der Waals surface area contributed by atoms with Crippen molar-refractivity contribution >= 4 is 26.0 Å². The van der Waals surface area contributed by atoms with E-state index in [4.69, 9.17) is 0 Å². The number of hydrogen-bond donors (Lipinski definition) is 0. The summed E-state index contributed by atoms with van der Waals surface area (Å²) in [4.78, 5) is 0.327. The maximum absolute atomic E-state index is 13.7. The fraction of sp³-hybridized carbons (Fsp3) is 0.182. The first-order valence-electron chi connectivity index (χ1n) is 8.84. The lowest BCUT2D eigenvalue weighted by Gasteiger charge is -2.29. The average Bonchev–Trinajstić information content (AvgIpc) is 3.04. The Morgan fingerprint density at radius 3 is 2.07 bits per heavy atom. The van der Waals surface area contributed by atoms with E-state index in [1.54, 1.807) is 16.4 Å². The molecule has 0 bridgehead atoms. The fourth-order valence-corrected chi connectivity index (χ4v) is 6.38. The van der Waals surface area contributed by atoms with Crippen LogP contribution >= 0.6 is 15.9 Å². The molecular weight excluding hydrogens is 422 g/mol. The molecule has 27 heavy (non-hydrogen) atoms. The first-order chi connectivity index (χ1) is 13.0. The van der Waals surface area contributed by atoms with Crippen molar-refractivity contribution in [3.63, 3.8) is 0 Å². The molecule has 4 rings (SSSR count).